The highest BCUT2D eigenvalue weighted by molar-refractivity contribution is 6.31. The van der Waals surface area contributed by atoms with Gasteiger partial charge in [0.15, 0.2) is 17.0 Å². The highest BCUT2D eigenvalue weighted by atomic mass is 35.5. The fourth-order valence-electron chi connectivity index (χ4n) is 4.74. The lowest BCUT2D eigenvalue weighted by Gasteiger charge is -2.22. The van der Waals surface area contributed by atoms with Crippen molar-refractivity contribution in [2.75, 3.05) is 18.0 Å². The minimum absolute atomic E-state index is 0.160. The second-order valence-electron chi connectivity index (χ2n) is 8.32. The topological polar surface area (TPSA) is 119 Å². The van der Waals surface area contributed by atoms with Crippen molar-refractivity contribution in [2.24, 2.45) is 18.9 Å². The van der Waals surface area contributed by atoms with Crippen LogP contribution in [0.3, 0.4) is 0 Å². The van der Waals surface area contributed by atoms with Crippen LogP contribution in [0.2, 0.25) is 5.02 Å². The predicted octanol–water partition coefficient (Wildman–Crippen LogP) is 1.94. The summed E-state index contributed by atoms with van der Waals surface area (Å²) in [5.74, 6) is 2.16. The van der Waals surface area contributed by atoms with Crippen LogP contribution in [0.25, 0.3) is 11.2 Å². The molecule has 0 N–H and O–H groups in total. The second-order valence-corrected chi connectivity index (χ2v) is 8.76. The number of nitrogens with zero attached hydrogens (tertiary/aromatic N) is 8. The molecule has 4 aromatic rings. The molecule has 2 fully saturated rings. The van der Waals surface area contributed by atoms with E-state index in [-0.39, 0.29) is 18.0 Å². The van der Waals surface area contributed by atoms with Gasteiger partial charge >= 0.3 is 0 Å². The molecule has 0 amide bonds. The molecule has 160 valence electrons. The molecule has 1 saturated carbocycles. The van der Waals surface area contributed by atoms with E-state index in [0.29, 0.717) is 45.3 Å². The maximum absolute atomic E-state index is 12.7. The van der Waals surface area contributed by atoms with Crippen LogP contribution < -0.4 is 10.5 Å². The third kappa shape index (κ3) is 2.97. The van der Waals surface area contributed by atoms with Gasteiger partial charge in [-0.15, -0.1) is 0 Å². The van der Waals surface area contributed by atoms with Crippen LogP contribution in [0.5, 0.6) is 0 Å². The Morgan fingerprint density at radius 1 is 1.22 bits per heavy atom. The van der Waals surface area contributed by atoms with Gasteiger partial charge in [0, 0.05) is 36.8 Å². The maximum Gasteiger partial charge on any atom is 0.280 e. The maximum atomic E-state index is 12.7. The highest BCUT2D eigenvalue weighted by Gasteiger charge is 2.58. The first-order chi connectivity index (χ1) is 15.5. The monoisotopic (exact) mass is 448 g/mol. The molecular weight excluding hydrogens is 432 g/mol. The van der Waals surface area contributed by atoms with Crippen LogP contribution >= 0.6 is 11.6 Å². The Hall–Kier alpha value is -3.71. The van der Waals surface area contributed by atoms with Crippen molar-refractivity contribution >= 4 is 28.5 Å². The zero-order valence-electron chi connectivity index (χ0n) is 17.0. The number of aryl methyl sites for hydroxylation is 1. The number of fused-ring (bicyclic) bond motifs is 2. The van der Waals surface area contributed by atoms with Gasteiger partial charge in [0.1, 0.15) is 12.9 Å². The molecule has 10 nitrogen and oxygen atoms in total. The van der Waals surface area contributed by atoms with Gasteiger partial charge in [-0.25, -0.2) is 9.97 Å². The number of hydrogen-bond acceptors (Lipinski definition) is 8. The predicted molar refractivity (Wildman–Crippen MR) is 114 cm³/mol. The zero-order valence-corrected chi connectivity index (χ0v) is 17.8. The van der Waals surface area contributed by atoms with Crippen molar-refractivity contribution in [1.29, 1.82) is 5.26 Å². The Bertz CT molecular complexity index is 1450. The van der Waals surface area contributed by atoms with Crippen molar-refractivity contribution < 1.29 is 4.52 Å². The Morgan fingerprint density at radius 3 is 2.78 bits per heavy atom. The highest BCUT2D eigenvalue weighted by Crippen LogP contribution is 2.58. The number of halogens is 1. The molecule has 1 aromatic carbocycles. The van der Waals surface area contributed by atoms with E-state index in [1.165, 1.54) is 10.9 Å². The Labute approximate surface area is 186 Å². The minimum Gasteiger partial charge on any atom is -0.371 e. The summed E-state index contributed by atoms with van der Waals surface area (Å²) in [5.41, 5.74) is 2.17. The average Bonchev–Trinajstić information content (AvgIpc) is 3.20. The van der Waals surface area contributed by atoms with Gasteiger partial charge in [0.25, 0.3) is 5.56 Å². The first-order valence-electron chi connectivity index (χ1n) is 10.2. The van der Waals surface area contributed by atoms with E-state index in [2.05, 4.69) is 31.1 Å². The van der Waals surface area contributed by atoms with Crippen LogP contribution in [0.4, 0.5) is 5.69 Å². The Balaban J connectivity index is 1.16. The molecule has 2 atom stereocenters. The smallest absolute Gasteiger partial charge is 0.280 e. The lowest BCUT2D eigenvalue weighted by molar-refractivity contribution is 0.363. The molecule has 0 radical (unpaired) electrons. The summed E-state index contributed by atoms with van der Waals surface area (Å²) in [6.45, 7) is 1.86. The van der Waals surface area contributed by atoms with Crippen molar-refractivity contribution in [1.82, 2.24) is 29.2 Å². The number of aromatic nitrogens is 6. The summed E-state index contributed by atoms with van der Waals surface area (Å²) in [4.78, 5) is 27.8. The number of imidazole rings is 1. The molecule has 1 saturated heterocycles. The van der Waals surface area contributed by atoms with Crippen molar-refractivity contribution in [3.8, 4) is 6.07 Å². The van der Waals surface area contributed by atoms with E-state index in [1.54, 1.807) is 24.0 Å². The number of nitriles is 1. The first-order valence-corrected chi connectivity index (χ1v) is 10.5. The normalized spacial score (nSPS) is 21.7. The number of hydrogen-bond donors (Lipinski definition) is 0. The summed E-state index contributed by atoms with van der Waals surface area (Å²) in [6.07, 6.45) is 3.01. The number of rotatable bonds is 4. The molecule has 32 heavy (non-hydrogen) atoms. The van der Waals surface area contributed by atoms with Crippen molar-refractivity contribution in [2.45, 2.75) is 12.5 Å². The summed E-state index contributed by atoms with van der Waals surface area (Å²) < 4.78 is 8.53. The number of benzene rings is 1. The van der Waals surface area contributed by atoms with Crippen LogP contribution in [0.1, 0.15) is 23.2 Å². The van der Waals surface area contributed by atoms with Crippen LogP contribution in [-0.2, 0) is 13.6 Å². The quantitative estimate of drug-likeness (QED) is 0.464. The molecular formula is C21H17ClN8O2. The molecule has 2 aliphatic rings. The van der Waals surface area contributed by atoms with Crippen LogP contribution in [-0.4, -0.2) is 42.3 Å². The summed E-state index contributed by atoms with van der Waals surface area (Å²) in [7, 11) is 1.76. The molecule has 1 aliphatic heterocycles. The number of piperidine rings is 1. The third-order valence-corrected chi connectivity index (χ3v) is 6.58. The van der Waals surface area contributed by atoms with Crippen molar-refractivity contribution in [3.63, 3.8) is 0 Å². The standard InChI is InChI=1S/C21H17ClN8O2/c1-28-9-24-20-18(28)21(31)30(10-25-20)8-16-26-19(27-32-16)17-14-6-29(7-15(14)17)13-3-11(5-23)2-12(22)4-13/h2-4,9-10,14-15,17H,6-8H2,1H3. The fraction of sp³-hybridized carbons (Fsp3) is 0.333. The van der Waals surface area contributed by atoms with E-state index in [4.69, 9.17) is 16.1 Å². The van der Waals surface area contributed by atoms with Gasteiger partial charge in [-0.1, -0.05) is 16.8 Å². The first kappa shape index (κ1) is 19.0. The molecule has 11 heteroatoms. The largest absolute Gasteiger partial charge is 0.371 e. The lowest BCUT2D eigenvalue weighted by Crippen LogP contribution is -2.24. The lowest BCUT2D eigenvalue weighted by atomic mass is 10.2. The van der Waals surface area contributed by atoms with Gasteiger partial charge in [-0.2, -0.15) is 10.2 Å². The SMILES string of the molecule is Cn1cnc2ncn(Cc3nc(C4C5CN(c6cc(Cl)cc(C#N)c6)CC54)no3)c(=O)c21. The Kier molecular flexibility index (Phi) is 4.10. The summed E-state index contributed by atoms with van der Waals surface area (Å²) in [6, 6.07) is 7.57. The number of anilines is 1. The molecule has 0 spiro atoms. The van der Waals surface area contributed by atoms with Crippen LogP contribution in [0, 0.1) is 23.2 Å². The molecule has 3 aromatic heterocycles. The van der Waals surface area contributed by atoms with E-state index in [0.717, 1.165) is 18.8 Å². The summed E-state index contributed by atoms with van der Waals surface area (Å²) in [5, 5.41) is 13.9. The molecule has 4 heterocycles. The van der Waals surface area contributed by atoms with Crippen LogP contribution in [0.15, 0.2) is 40.2 Å². The van der Waals surface area contributed by atoms with Gasteiger partial charge in [-0.3, -0.25) is 9.36 Å². The molecule has 1 aliphatic carbocycles. The average molecular weight is 449 g/mol. The second kappa shape index (κ2) is 6.90. The molecule has 2 unspecified atom stereocenters. The van der Waals surface area contributed by atoms with E-state index < -0.39 is 0 Å². The Morgan fingerprint density at radius 2 is 2.00 bits per heavy atom. The molecule has 6 rings (SSSR count). The third-order valence-electron chi connectivity index (χ3n) is 6.36. The minimum atomic E-state index is -0.202. The van der Waals surface area contributed by atoms with Gasteiger partial charge in [0.2, 0.25) is 5.89 Å². The van der Waals surface area contributed by atoms with Crippen molar-refractivity contribution in [3.05, 3.63) is 63.5 Å². The zero-order chi connectivity index (χ0) is 22.0. The van der Waals surface area contributed by atoms with E-state index in [9.17, 15) is 10.1 Å². The van der Waals surface area contributed by atoms with E-state index in [1.807, 2.05) is 12.1 Å². The molecule has 0 bridgehead atoms. The van der Waals surface area contributed by atoms with Gasteiger partial charge in [-0.05, 0) is 30.0 Å². The summed E-state index contributed by atoms with van der Waals surface area (Å²) >= 11 is 6.15. The fourth-order valence-corrected chi connectivity index (χ4v) is 4.97. The van der Waals surface area contributed by atoms with Gasteiger partial charge < -0.3 is 14.0 Å². The van der Waals surface area contributed by atoms with E-state index >= 15 is 0 Å². The van der Waals surface area contributed by atoms with Gasteiger partial charge in [0.05, 0.1) is 18.0 Å².